The Morgan fingerprint density at radius 1 is 1.08 bits per heavy atom. The van der Waals surface area contributed by atoms with Crippen molar-refractivity contribution in [3.8, 4) is 0 Å². The molecule has 3 aliphatic rings. The minimum absolute atomic E-state index is 0.0251. The number of carbonyl (C=O) groups is 3. The molecule has 3 unspecified atom stereocenters. The number of rotatable bonds is 6. The fourth-order valence-corrected chi connectivity index (χ4v) is 6.54. The van der Waals surface area contributed by atoms with Crippen LogP contribution in [0, 0.1) is 17.2 Å². The Morgan fingerprint density at radius 2 is 1.72 bits per heavy atom. The standard InChI is InChI=1S/C29H42BrFN4O4/c1-19(36)32-26(16-29(2,3)4)28(38)34-11-9-33(10-12-34)27(37)24-18-35(21-7-13-39-14-8-21)17-23(24)22-6-5-20(30)15-25(22)31/h5-6,15,21,23-24,26H,7-14,16-18H2,1-4H3,(H,32,36). The van der Waals surface area contributed by atoms with Crippen molar-refractivity contribution in [2.45, 2.75) is 65.0 Å². The molecule has 8 nitrogen and oxygen atoms in total. The first-order chi connectivity index (χ1) is 18.4. The summed E-state index contributed by atoms with van der Waals surface area (Å²) in [5.74, 6) is -1.18. The molecule has 3 heterocycles. The van der Waals surface area contributed by atoms with Gasteiger partial charge in [-0.15, -0.1) is 0 Å². The van der Waals surface area contributed by atoms with Gasteiger partial charge >= 0.3 is 0 Å². The van der Waals surface area contributed by atoms with E-state index >= 15 is 4.39 Å². The lowest BCUT2D eigenvalue weighted by molar-refractivity contribution is -0.144. The number of amides is 3. The molecule has 3 atom stereocenters. The first-order valence-electron chi connectivity index (χ1n) is 14.0. The molecule has 0 aliphatic carbocycles. The van der Waals surface area contributed by atoms with E-state index in [-0.39, 0.29) is 40.8 Å². The van der Waals surface area contributed by atoms with E-state index < -0.39 is 6.04 Å². The molecule has 0 spiro atoms. The summed E-state index contributed by atoms with van der Waals surface area (Å²) in [6.45, 7) is 11.9. The number of nitrogens with one attached hydrogen (secondary N) is 1. The second-order valence-corrected chi connectivity index (χ2v) is 13.3. The van der Waals surface area contributed by atoms with Gasteiger partial charge in [-0.25, -0.2) is 4.39 Å². The molecule has 3 amide bonds. The van der Waals surface area contributed by atoms with Gasteiger partial charge in [-0.2, -0.15) is 0 Å². The number of carbonyl (C=O) groups excluding carboxylic acids is 3. The third-order valence-corrected chi connectivity index (χ3v) is 8.62. The normalized spacial score (nSPS) is 24.1. The zero-order valence-electron chi connectivity index (χ0n) is 23.6. The van der Waals surface area contributed by atoms with Gasteiger partial charge in [-0.05, 0) is 42.4 Å². The highest BCUT2D eigenvalue weighted by Crippen LogP contribution is 2.38. The fraction of sp³-hybridized carbons (Fsp3) is 0.690. The van der Waals surface area contributed by atoms with Crippen molar-refractivity contribution in [2.75, 3.05) is 52.5 Å². The lowest BCUT2D eigenvalue weighted by Crippen LogP contribution is -2.57. The molecule has 1 aromatic carbocycles. The minimum Gasteiger partial charge on any atom is -0.381 e. The van der Waals surface area contributed by atoms with E-state index in [0.717, 1.165) is 12.8 Å². The number of likely N-dealkylation sites (tertiary alicyclic amines) is 1. The number of hydrogen-bond acceptors (Lipinski definition) is 5. The number of nitrogens with zero attached hydrogens (tertiary/aromatic N) is 3. The van der Waals surface area contributed by atoms with Crippen LogP contribution in [0.3, 0.4) is 0 Å². The number of benzene rings is 1. The summed E-state index contributed by atoms with van der Waals surface area (Å²) in [6.07, 6.45) is 2.37. The number of halogens is 2. The maximum Gasteiger partial charge on any atom is 0.245 e. The van der Waals surface area contributed by atoms with E-state index in [1.807, 2.05) is 31.7 Å². The summed E-state index contributed by atoms with van der Waals surface area (Å²) in [7, 11) is 0. The van der Waals surface area contributed by atoms with Crippen LogP contribution in [-0.2, 0) is 19.1 Å². The summed E-state index contributed by atoms with van der Waals surface area (Å²) < 4.78 is 21.3. The highest BCUT2D eigenvalue weighted by Gasteiger charge is 2.44. The first-order valence-corrected chi connectivity index (χ1v) is 14.8. The fourth-order valence-electron chi connectivity index (χ4n) is 6.21. The van der Waals surface area contributed by atoms with Crippen molar-refractivity contribution < 1.29 is 23.5 Å². The quantitative estimate of drug-likeness (QED) is 0.535. The van der Waals surface area contributed by atoms with Crippen LogP contribution in [0.1, 0.15) is 58.4 Å². The van der Waals surface area contributed by atoms with E-state index in [4.69, 9.17) is 4.74 Å². The number of hydrogen-bond donors (Lipinski definition) is 1. The van der Waals surface area contributed by atoms with E-state index in [2.05, 4.69) is 26.1 Å². The van der Waals surface area contributed by atoms with Crippen LogP contribution in [0.4, 0.5) is 4.39 Å². The Bertz CT molecular complexity index is 1050. The van der Waals surface area contributed by atoms with Gasteiger partial charge in [-0.1, -0.05) is 42.8 Å². The van der Waals surface area contributed by atoms with Crippen LogP contribution in [0.25, 0.3) is 0 Å². The predicted molar refractivity (Wildman–Crippen MR) is 151 cm³/mol. The molecular weight excluding hydrogens is 567 g/mol. The molecule has 1 N–H and O–H groups in total. The van der Waals surface area contributed by atoms with Crippen molar-refractivity contribution in [3.63, 3.8) is 0 Å². The van der Waals surface area contributed by atoms with E-state index in [1.165, 1.54) is 13.0 Å². The highest BCUT2D eigenvalue weighted by molar-refractivity contribution is 9.10. The molecule has 0 saturated carbocycles. The molecule has 3 aliphatic heterocycles. The van der Waals surface area contributed by atoms with E-state index in [1.54, 1.807) is 11.0 Å². The number of ether oxygens (including phenoxy) is 1. The minimum atomic E-state index is -0.586. The van der Waals surface area contributed by atoms with Crippen molar-refractivity contribution in [3.05, 3.63) is 34.1 Å². The lowest BCUT2D eigenvalue weighted by Gasteiger charge is -2.39. The summed E-state index contributed by atoms with van der Waals surface area (Å²) in [4.78, 5) is 44.9. The molecule has 3 fully saturated rings. The van der Waals surface area contributed by atoms with Gasteiger partial charge in [0.15, 0.2) is 0 Å². The molecule has 3 saturated heterocycles. The Kier molecular flexibility index (Phi) is 9.70. The van der Waals surface area contributed by atoms with Crippen molar-refractivity contribution in [1.82, 2.24) is 20.0 Å². The summed E-state index contributed by atoms with van der Waals surface area (Å²) in [5.41, 5.74) is 0.455. The number of piperazine rings is 1. The summed E-state index contributed by atoms with van der Waals surface area (Å²) >= 11 is 3.35. The van der Waals surface area contributed by atoms with Crippen LogP contribution in [0.5, 0.6) is 0 Å². The monoisotopic (exact) mass is 608 g/mol. The Labute approximate surface area is 239 Å². The third kappa shape index (κ3) is 7.58. The van der Waals surface area contributed by atoms with Gasteiger partial charge in [0.2, 0.25) is 17.7 Å². The second kappa shape index (κ2) is 12.6. The molecule has 39 heavy (non-hydrogen) atoms. The lowest BCUT2D eigenvalue weighted by atomic mass is 9.87. The zero-order chi connectivity index (χ0) is 28.3. The molecule has 1 aromatic rings. The smallest absolute Gasteiger partial charge is 0.245 e. The van der Waals surface area contributed by atoms with E-state index in [9.17, 15) is 14.4 Å². The average Bonchev–Trinajstić information content (AvgIpc) is 3.32. The Hall–Kier alpha value is -2.04. The van der Waals surface area contributed by atoms with Gasteiger partial charge < -0.3 is 19.9 Å². The summed E-state index contributed by atoms with van der Waals surface area (Å²) in [6, 6.07) is 4.86. The second-order valence-electron chi connectivity index (χ2n) is 12.3. The molecular formula is C29H42BrFN4O4. The van der Waals surface area contributed by atoms with Crippen LogP contribution >= 0.6 is 15.9 Å². The molecule has 10 heteroatoms. The van der Waals surface area contributed by atoms with Crippen LogP contribution in [0.15, 0.2) is 22.7 Å². The van der Waals surface area contributed by atoms with Crippen molar-refractivity contribution in [1.29, 1.82) is 0 Å². The maximum absolute atomic E-state index is 15.1. The van der Waals surface area contributed by atoms with Gasteiger partial charge in [0.05, 0.1) is 5.92 Å². The SMILES string of the molecule is CC(=O)NC(CC(C)(C)C)C(=O)N1CCN(C(=O)C2CN(C3CCOCC3)CC2c2ccc(Br)cc2F)CC1. The van der Waals surface area contributed by atoms with Gasteiger partial charge in [0.25, 0.3) is 0 Å². The van der Waals surface area contributed by atoms with Crippen molar-refractivity contribution in [2.24, 2.45) is 11.3 Å². The zero-order valence-corrected chi connectivity index (χ0v) is 25.1. The summed E-state index contributed by atoms with van der Waals surface area (Å²) in [5, 5.41) is 2.82. The van der Waals surface area contributed by atoms with Gasteiger partial charge in [0.1, 0.15) is 11.9 Å². The van der Waals surface area contributed by atoms with Crippen LogP contribution in [0.2, 0.25) is 0 Å². The molecule has 0 bridgehead atoms. The average molecular weight is 610 g/mol. The molecule has 4 rings (SSSR count). The largest absolute Gasteiger partial charge is 0.381 e. The van der Waals surface area contributed by atoms with Crippen molar-refractivity contribution >= 4 is 33.7 Å². The topological polar surface area (TPSA) is 82.2 Å². The van der Waals surface area contributed by atoms with Crippen LogP contribution < -0.4 is 5.32 Å². The molecule has 216 valence electrons. The Morgan fingerprint density at radius 3 is 2.31 bits per heavy atom. The van der Waals surface area contributed by atoms with E-state index in [0.29, 0.717) is 75.0 Å². The highest BCUT2D eigenvalue weighted by atomic mass is 79.9. The Balaban J connectivity index is 1.45. The molecule has 0 aromatic heterocycles. The first kappa shape index (κ1) is 29.9. The maximum atomic E-state index is 15.1. The predicted octanol–water partition coefficient (Wildman–Crippen LogP) is 3.39. The van der Waals surface area contributed by atoms with Gasteiger partial charge in [0, 0.05) is 75.8 Å². The van der Waals surface area contributed by atoms with Gasteiger partial charge in [-0.3, -0.25) is 19.3 Å². The third-order valence-electron chi connectivity index (χ3n) is 8.13. The molecule has 0 radical (unpaired) electrons. The van der Waals surface area contributed by atoms with Crippen LogP contribution in [-0.4, -0.2) is 97.0 Å².